The largest absolute Gasteiger partial charge is 0.417 e. The van der Waals surface area contributed by atoms with Gasteiger partial charge in [-0.1, -0.05) is 39.5 Å². The fraction of sp³-hybridized carbons (Fsp3) is 1.00. The van der Waals surface area contributed by atoms with Crippen molar-refractivity contribution in [3.05, 3.63) is 0 Å². The van der Waals surface area contributed by atoms with Crippen LogP contribution in [0.25, 0.3) is 0 Å². The number of aliphatic hydroxyl groups is 2. The Bertz CT molecular complexity index is 746. The van der Waals surface area contributed by atoms with Crippen molar-refractivity contribution in [2.75, 3.05) is 0 Å². The van der Waals surface area contributed by atoms with Crippen molar-refractivity contribution < 1.29 is 23.4 Å². The lowest BCUT2D eigenvalue weighted by Gasteiger charge is -2.62. The van der Waals surface area contributed by atoms with Crippen molar-refractivity contribution in [3.63, 3.8) is 0 Å². The van der Waals surface area contributed by atoms with Gasteiger partial charge >= 0.3 is 6.18 Å². The van der Waals surface area contributed by atoms with Crippen molar-refractivity contribution in [2.45, 2.75) is 140 Å². The fourth-order valence-electron chi connectivity index (χ4n) is 10.2. The third-order valence-electron chi connectivity index (χ3n) is 12.4. The lowest BCUT2D eigenvalue weighted by molar-refractivity contribution is -0.290. The van der Waals surface area contributed by atoms with Crippen LogP contribution in [0.3, 0.4) is 0 Å². The molecule has 2 N–H and O–H groups in total. The molecule has 0 saturated heterocycles. The van der Waals surface area contributed by atoms with Crippen LogP contribution in [0.5, 0.6) is 0 Å². The average molecular weight is 485 g/mol. The first-order valence-electron chi connectivity index (χ1n) is 14.4. The summed E-state index contributed by atoms with van der Waals surface area (Å²) in [5.41, 5.74) is -2.58. The van der Waals surface area contributed by atoms with Crippen molar-refractivity contribution in [1.82, 2.24) is 0 Å². The van der Waals surface area contributed by atoms with Gasteiger partial charge in [-0.05, 0) is 124 Å². The van der Waals surface area contributed by atoms with Gasteiger partial charge in [0, 0.05) is 0 Å². The molecule has 5 aliphatic carbocycles. The van der Waals surface area contributed by atoms with Crippen LogP contribution in [0.1, 0.15) is 123 Å². The molecule has 0 amide bonds. The van der Waals surface area contributed by atoms with Crippen molar-refractivity contribution in [3.8, 4) is 0 Å². The molecule has 5 saturated carbocycles. The first-order chi connectivity index (χ1) is 15.9. The molecule has 5 fully saturated rings. The summed E-state index contributed by atoms with van der Waals surface area (Å²) in [6.45, 7) is 4.79. The maximum absolute atomic E-state index is 13.6. The number of alkyl halides is 3. The van der Waals surface area contributed by atoms with Crippen LogP contribution in [0.15, 0.2) is 0 Å². The second-order valence-corrected chi connectivity index (χ2v) is 13.9. The average Bonchev–Trinajstić information content (AvgIpc) is 3.10. The molecule has 0 spiro atoms. The molecule has 0 radical (unpaired) electrons. The second kappa shape index (κ2) is 8.64. The molecule has 0 aliphatic heterocycles. The van der Waals surface area contributed by atoms with E-state index in [-0.39, 0.29) is 24.2 Å². The van der Waals surface area contributed by atoms with Crippen LogP contribution in [0, 0.1) is 40.4 Å². The molecule has 0 aromatic rings. The summed E-state index contributed by atoms with van der Waals surface area (Å²) >= 11 is 0. The minimum absolute atomic E-state index is 0.00748. The van der Waals surface area contributed by atoms with Crippen molar-refractivity contribution in [2.24, 2.45) is 40.4 Å². The Morgan fingerprint density at radius 2 is 1.47 bits per heavy atom. The zero-order valence-electron chi connectivity index (χ0n) is 21.4. The zero-order valence-corrected chi connectivity index (χ0v) is 21.4. The van der Waals surface area contributed by atoms with Crippen LogP contribution >= 0.6 is 0 Å². The third kappa shape index (κ3) is 4.07. The Balaban J connectivity index is 1.24. The van der Waals surface area contributed by atoms with Crippen LogP contribution in [0.2, 0.25) is 0 Å². The number of hydrogen-bond donors (Lipinski definition) is 2. The lowest BCUT2D eigenvalue weighted by Crippen LogP contribution is -2.59. The molecule has 0 aromatic heterocycles. The molecule has 5 aliphatic rings. The number of rotatable bonds is 4. The lowest BCUT2D eigenvalue weighted by atomic mass is 9.43. The van der Waals surface area contributed by atoms with Gasteiger partial charge in [-0.25, -0.2) is 0 Å². The van der Waals surface area contributed by atoms with Gasteiger partial charge in [-0.15, -0.1) is 0 Å². The minimum atomic E-state index is -4.51. The van der Waals surface area contributed by atoms with Gasteiger partial charge in [0.1, 0.15) is 0 Å². The maximum Gasteiger partial charge on any atom is 0.417 e. The highest BCUT2D eigenvalue weighted by molar-refractivity contribution is 5.11. The maximum atomic E-state index is 13.6. The normalized spacial score (nSPS) is 48.6. The Kier molecular flexibility index (Phi) is 6.44. The number of hydrogen-bond acceptors (Lipinski definition) is 2. The van der Waals surface area contributed by atoms with E-state index < -0.39 is 17.4 Å². The van der Waals surface area contributed by atoms with Crippen LogP contribution < -0.4 is 0 Å². The summed E-state index contributed by atoms with van der Waals surface area (Å²) in [7, 11) is 0. The molecule has 2 nitrogen and oxygen atoms in total. The predicted octanol–water partition coefficient (Wildman–Crippen LogP) is 7.80. The zero-order chi connectivity index (χ0) is 24.4. The summed E-state index contributed by atoms with van der Waals surface area (Å²) in [4.78, 5) is 0. The number of fused-ring (bicyclic) bond motifs is 5. The Hall–Kier alpha value is -0.290. The topological polar surface area (TPSA) is 40.5 Å². The van der Waals surface area contributed by atoms with Crippen molar-refractivity contribution in [1.29, 1.82) is 0 Å². The van der Waals surface area contributed by atoms with Gasteiger partial charge in [0.15, 0.2) is 5.60 Å². The molecule has 8 atom stereocenters. The quantitative estimate of drug-likeness (QED) is 0.427. The van der Waals surface area contributed by atoms with Gasteiger partial charge in [-0.2, -0.15) is 13.2 Å². The molecule has 5 rings (SSSR count). The summed E-state index contributed by atoms with van der Waals surface area (Å²) < 4.78 is 40.8. The van der Waals surface area contributed by atoms with E-state index in [1.165, 1.54) is 44.9 Å². The predicted molar refractivity (Wildman–Crippen MR) is 128 cm³/mol. The highest BCUT2D eigenvalue weighted by Gasteiger charge is 2.64. The standard InChI is InChI=1S/C29H47F3O2/c1-25-16-12-24-22(10-8-21-19-28(34,29(30,31)32)18-17-26(21,24)2)23(25)11-9-20(25)7-6-15-27(33)13-4-3-5-14-27/h20-24,33-34H,3-19H2,1-2H3/t20-,21+,22+,23+,24+,25-,26+,28+/m1/s1. The molecule has 0 heterocycles. The van der Waals surface area contributed by atoms with Crippen molar-refractivity contribution >= 4 is 0 Å². The van der Waals surface area contributed by atoms with Crippen LogP contribution in [0.4, 0.5) is 13.2 Å². The Morgan fingerprint density at radius 3 is 2.18 bits per heavy atom. The second-order valence-electron chi connectivity index (χ2n) is 13.9. The van der Waals surface area contributed by atoms with Gasteiger partial charge in [0.25, 0.3) is 0 Å². The first-order valence-corrected chi connectivity index (χ1v) is 14.4. The smallest absolute Gasteiger partial charge is 0.390 e. The Morgan fingerprint density at radius 1 is 0.765 bits per heavy atom. The summed E-state index contributed by atoms with van der Waals surface area (Å²) in [6, 6.07) is 0. The summed E-state index contributed by atoms with van der Waals surface area (Å²) in [5, 5.41) is 21.4. The van der Waals surface area contributed by atoms with E-state index in [0.29, 0.717) is 29.6 Å². The van der Waals surface area contributed by atoms with Gasteiger partial charge in [-0.3, -0.25) is 0 Å². The molecule has 5 heteroatoms. The monoisotopic (exact) mass is 484 g/mol. The van der Waals surface area contributed by atoms with E-state index in [4.69, 9.17) is 0 Å². The minimum Gasteiger partial charge on any atom is -0.390 e. The van der Waals surface area contributed by atoms with Gasteiger partial charge < -0.3 is 10.2 Å². The van der Waals surface area contributed by atoms with Gasteiger partial charge in [0.05, 0.1) is 5.60 Å². The highest BCUT2D eigenvalue weighted by Crippen LogP contribution is 2.69. The van der Waals surface area contributed by atoms with Crippen LogP contribution in [-0.2, 0) is 0 Å². The number of halogens is 3. The molecular weight excluding hydrogens is 437 g/mol. The molecule has 196 valence electrons. The van der Waals surface area contributed by atoms with E-state index >= 15 is 0 Å². The van der Waals surface area contributed by atoms with Crippen LogP contribution in [-0.4, -0.2) is 27.6 Å². The van der Waals surface area contributed by atoms with E-state index in [1.54, 1.807) is 0 Å². The molecular formula is C29H47F3O2. The SMILES string of the molecule is C[C@]12CC[C@@](O)(C(F)(F)F)C[C@@H]1CC[C@@H]1[C@@H]2CC[C@]2(C)[C@H](CCCC3(O)CCCCC3)CC[C@@H]12. The Labute approximate surface area is 204 Å². The highest BCUT2D eigenvalue weighted by atomic mass is 19.4. The molecule has 34 heavy (non-hydrogen) atoms. The first kappa shape index (κ1) is 25.4. The molecule has 0 unspecified atom stereocenters. The van der Waals surface area contributed by atoms with Gasteiger partial charge in [0.2, 0.25) is 0 Å². The van der Waals surface area contributed by atoms with E-state index in [1.807, 2.05) is 0 Å². The fourth-order valence-corrected chi connectivity index (χ4v) is 10.2. The molecule has 0 bridgehead atoms. The van der Waals surface area contributed by atoms with E-state index in [9.17, 15) is 23.4 Å². The molecule has 0 aromatic carbocycles. The van der Waals surface area contributed by atoms with E-state index in [0.717, 1.165) is 50.9 Å². The summed E-state index contributed by atoms with van der Waals surface area (Å²) in [6.07, 6.45) is 11.5. The summed E-state index contributed by atoms with van der Waals surface area (Å²) in [5.74, 6) is 2.59. The van der Waals surface area contributed by atoms with E-state index in [2.05, 4.69) is 13.8 Å². The third-order valence-corrected chi connectivity index (χ3v) is 12.4.